The Balaban J connectivity index is 1.86. The largest absolute Gasteiger partial charge is 0.296 e. The molecule has 0 amide bonds. The normalized spacial score (nSPS) is 20.2. The van der Waals surface area contributed by atoms with Crippen molar-refractivity contribution in [2.45, 2.75) is 38.6 Å². The highest BCUT2D eigenvalue weighted by Gasteiger charge is 2.25. The number of benzene rings is 1. The van der Waals surface area contributed by atoms with Crippen LogP contribution < -0.4 is 0 Å². The Morgan fingerprint density at radius 1 is 1.32 bits per heavy atom. The van der Waals surface area contributed by atoms with Crippen molar-refractivity contribution in [2.24, 2.45) is 0 Å². The van der Waals surface area contributed by atoms with E-state index in [1.165, 1.54) is 49.7 Å². The highest BCUT2D eigenvalue weighted by molar-refractivity contribution is 5.79. The fourth-order valence-electron chi connectivity index (χ4n) is 3.13. The number of unbranched alkanes of at least 4 members (excludes halogenated alkanes) is 1. The predicted octanol–water partition coefficient (Wildman–Crippen LogP) is 4.17. The Kier molecular flexibility index (Phi) is 3.79. The van der Waals surface area contributed by atoms with Gasteiger partial charge in [0.05, 0.1) is 5.52 Å². The number of likely N-dealkylation sites (tertiary alicyclic amines) is 1. The van der Waals surface area contributed by atoms with Gasteiger partial charge in [-0.3, -0.25) is 9.88 Å². The fourth-order valence-corrected chi connectivity index (χ4v) is 3.13. The molecule has 1 aromatic heterocycles. The fraction of sp³-hybridized carbons (Fsp3) is 0.471. The van der Waals surface area contributed by atoms with Crippen LogP contribution in [0.1, 0.15) is 44.2 Å². The van der Waals surface area contributed by atoms with Crippen LogP contribution in [0.4, 0.5) is 0 Å². The molecule has 100 valence electrons. The average Bonchev–Trinajstić information content (AvgIpc) is 2.93. The summed E-state index contributed by atoms with van der Waals surface area (Å²) in [4.78, 5) is 7.06. The maximum Gasteiger partial charge on any atom is 0.0702 e. The lowest BCUT2D eigenvalue weighted by Crippen LogP contribution is -2.24. The summed E-state index contributed by atoms with van der Waals surface area (Å²) in [6, 6.07) is 11.6. The van der Waals surface area contributed by atoms with Gasteiger partial charge in [0.15, 0.2) is 0 Å². The van der Waals surface area contributed by atoms with Crippen molar-refractivity contribution in [1.82, 2.24) is 9.88 Å². The Bertz CT molecular complexity index is 550. The van der Waals surface area contributed by atoms with Crippen molar-refractivity contribution in [3.63, 3.8) is 0 Å². The smallest absolute Gasteiger partial charge is 0.0702 e. The van der Waals surface area contributed by atoms with Crippen molar-refractivity contribution in [1.29, 1.82) is 0 Å². The van der Waals surface area contributed by atoms with Crippen LogP contribution in [-0.4, -0.2) is 23.0 Å². The van der Waals surface area contributed by atoms with Crippen molar-refractivity contribution >= 4 is 10.9 Å². The van der Waals surface area contributed by atoms with E-state index in [0.29, 0.717) is 6.04 Å². The number of fused-ring (bicyclic) bond motifs is 1. The summed E-state index contributed by atoms with van der Waals surface area (Å²) >= 11 is 0. The second kappa shape index (κ2) is 5.70. The first-order valence-corrected chi connectivity index (χ1v) is 7.47. The number of hydrogen-bond donors (Lipinski definition) is 0. The van der Waals surface area contributed by atoms with Crippen LogP contribution in [0.3, 0.4) is 0 Å². The molecule has 2 nitrogen and oxygen atoms in total. The molecular weight excluding hydrogens is 232 g/mol. The van der Waals surface area contributed by atoms with Crippen molar-refractivity contribution in [3.05, 3.63) is 42.1 Å². The molecule has 1 aliphatic rings. The molecule has 1 aliphatic heterocycles. The Morgan fingerprint density at radius 3 is 3.16 bits per heavy atom. The van der Waals surface area contributed by atoms with Crippen LogP contribution >= 0.6 is 0 Å². The van der Waals surface area contributed by atoms with E-state index in [0.717, 1.165) is 5.52 Å². The van der Waals surface area contributed by atoms with Crippen LogP contribution in [0.5, 0.6) is 0 Å². The third kappa shape index (κ3) is 2.64. The molecule has 0 aliphatic carbocycles. The number of pyridine rings is 1. The quantitative estimate of drug-likeness (QED) is 0.814. The van der Waals surface area contributed by atoms with Gasteiger partial charge in [-0.15, -0.1) is 0 Å². The van der Waals surface area contributed by atoms with Crippen LogP contribution in [0, 0.1) is 0 Å². The third-order valence-corrected chi connectivity index (χ3v) is 4.17. The van der Waals surface area contributed by atoms with Gasteiger partial charge in [0.1, 0.15) is 0 Å². The summed E-state index contributed by atoms with van der Waals surface area (Å²) in [6.07, 6.45) is 7.09. The summed E-state index contributed by atoms with van der Waals surface area (Å²) in [7, 11) is 0. The van der Waals surface area contributed by atoms with Gasteiger partial charge in [-0.1, -0.05) is 25.5 Å². The molecule has 2 aromatic rings. The van der Waals surface area contributed by atoms with Gasteiger partial charge in [0.25, 0.3) is 0 Å². The van der Waals surface area contributed by atoms with Crippen LogP contribution in [-0.2, 0) is 0 Å². The van der Waals surface area contributed by atoms with E-state index in [1.807, 2.05) is 12.3 Å². The average molecular weight is 254 g/mol. The molecule has 1 fully saturated rings. The Labute approximate surface area is 115 Å². The summed E-state index contributed by atoms with van der Waals surface area (Å²) < 4.78 is 0. The van der Waals surface area contributed by atoms with Gasteiger partial charge in [0, 0.05) is 17.6 Å². The molecule has 1 atom stereocenters. The lowest BCUT2D eigenvalue weighted by atomic mass is 10.0. The first kappa shape index (κ1) is 12.6. The zero-order chi connectivity index (χ0) is 13.1. The molecule has 0 bridgehead atoms. The number of aromatic nitrogens is 1. The summed E-state index contributed by atoms with van der Waals surface area (Å²) in [6.45, 7) is 4.77. The minimum Gasteiger partial charge on any atom is -0.296 e. The molecule has 1 saturated heterocycles. The van der Waals surface area contributed by atoms with E-state index in [1.54, 1.807) is 0 Å². The van der Waals surface area contributed by atoms with Crippen molar-refractivity contribution in [2.75, 3.05) is 13.1 Å². The molecule has 2 heterocycles. The molecule has 0 unspecified atom stereocenters. The molecule has 0 saturated carbocycles. The first-order chi connectivity index (χ1) is 9.38. The second-order valence-corrected chi connectivity index (χ2v) is 5.50. The molecule has 0 spiro atoms. The first-order valence-electron chi connectivity index (χ1n) is 7.47. The molecule has 1 aromatic carbocycles. The molecule has 3 rings (SSSR count). The maximum absolute atomic E-state index is 4.40. The standard InChI is InChI=1S/C17H22N2/c1-2-3-11-19-12-5-7-17(19)15-8-9-16-14(13-15)6-4-10-18-16/h4,6,8-10,13,17H,2-3,5,7,11-12H2,1H3/t17-/m0/s1. The Morgan fingerprint density at radius 2 is 2.26 bits per heavy atom. The van der Waals surface area contributed by atoms with Crippen molar-refractivity contribution in [3.8, 4) is 0 Å². The lowest BCUT2D eigenvalue weighted by Gasteiger charge is -2.24. The van der Waals surface area contributed by atoms with Gasteiger partial charge in [-0.2, -0.15) is 0 Å². The van der Waals surface area contributed by atoms with E-state index in [4.69, 9.17) is 0 Å². The van der Waals surface area contributed by atoms with Gasteiger partial charge in [-0.05, 0) is 56.1 Å². The molecule has 2 heteroatoms. The van der Waals surface area contributed by atoms with Gasteiger partial charge in [0.2, 0.25) is 0 Å². The molecule has 0 N–H and O–H groups in total. The summed E-state index contributed by atoms with van der Waals surface area (Å²) in [5, 5.41) is 1.27. The molecule has 19 heavy (non-hydrogen) atoms. The number of nitrogens with zero attached hydrogens (tertiary/aromatic N) is 2. The highest BCUT2D eigenvalue weighted by Crippen LogP contribution is 2.33. The number of hydrogen-bond acceptors (Lipinski definition) is 2. The minimum atomic E-state index is 0.621. The third-order valence-electron chi connectivity index (χ3n) is 4.17. The topological polar surface area (TPSA) is 16.1 Å². The van der Waals surface area contributed by atoms with Gasteiger partial charge >= 0.3 is 0 Å². The Hall–Kier alpha value is -1.41. The predicted molar refractivity (Wildman–Crippen MR) is 80.2 cm³/mol. The summed E-state index contributed by atoms with van der Waals surface area (Å²) in [5.74, 6) is 0. The molecule has 0 radical (unpaired) electrons. The zero-order valence-corrected chi connectivity index (χ0v) is 11.7. The van der Waals surface area contributed by atoms with E-state index in [9.17, 15) is 0 Å². The second-order valence-electron chi connectivity index (χ2n) is 5.50. The number of rotatable bonds is 4. The zero-order valence-electron chi connectivity index (χ0n) is 11.7. The lowest BCUT2D eigenvalue weighted by molar-refractivity contribution is 0.253. The van der Waals surface area contributed by atoms with E-state index in [-0.39, 0.29) is 0 Å². The van der Waals surface area contributed by atoms with E-state index in [2.05, 4.69) is 41.1 Å². The van der Waals surface area contributed by atoms with Crippen LogP contribution in [0.25, 0.3) is 10.9 Å². The van der Waals surface area contributed by atoms with Gasteiger partial charge < -0.3 is 0 Å². The monoisotopic (exact) mass is 254 g/mol. The van der Waals surface area contributed by atoms with Crippen LogP contribution in [0.15, 0.2) is 36.5 Å². The molecular formula is C17H22N2. The van der Waals surface area contributed by atoms with E-state index < -0.39 is 0 Å². The van der Waals surface area contributed by atoms with Crippen LogP contribution in [0.2, 0.25) is 0 Å². The van der Waals surface area contributed by atoms with Crippen molar-refractivity contribution < 1.29 is 0 Å². The SMILES string of the molecule is CCCCN1CCC[C@H]1c1ccc2ncccc2c1. The van der Waals surface area contributed by atoms with E-state index >= 15 is 0 Å². The minimum absolute atomic E-state index is 0.621. The van der Waals surface area contributed by atoms with Gasteiger partial charge in [-0.25, -0.2) is 0 Å². The maximum atomic E-state index is 4.40. The summed E-state index contributed by atoms with van der Waals surface area (Å²) in [5.41, 5.74) is 2.57. The highest BCUT2D eigenvalue weighted by atomic mass is 15.2.